The molecule has 0 spiro atoms. The minimum Gasteiger partial charge on any atom is -0.495 e. The normalized spacial score (nSPS) is 11.8. The average molecular weight is 347 g/mol. The van der Waals surface area contributed by atoms with Crippen LogP contribution in [-0.2, 0) is 22.4 Å². The zero-order chi connectivity index (χ0) is 15.5. The third-order valence-corrected chi connectivity index (χ3v) is 5.71. The van der Waals surface area contributed by atoms with Crippen molar-refractivity contribution in [3.63, 3.8) is 0 Å². The molecular formula is C13H15ClN2O3S2. The molecule has 1 aromatic carbocycles. The number of aromatic nitrogens is 1. The lowest BCUT2D eigenvalue weighted by molar-refractivity contribution is 0.397. The van der Waals surface area contributed by atoms with Gasteiger partial charge >= 0.3 is 0 Å². The number of hydrogen-bond donors (Lipinski definition) is 0. The van der Waals surface area contributed by atoms with Crippen LogP contribution in [-0.4, -0.2) is 31.9 Å². The smallest absolute Gasteiger partial charge is 0.246 e. The van der Waals surface area contributed by atoms with E-state index in [2.05, 4.69) is 4.98 Å². The van der Waals surface area contributed by atoms with Gasteiger partial charge in [0.2, 0.25) is 10.0 Å². The largest absolute Gasteiger partial charge is 0.495 e. The van der Waals surface area contributed by atoms with E-state index in [9.17, 15) is 8.42 Å². The van der Waals surface area contributed by atoms with E-state index in [1.165, 1.54) is 29.8 Å². The van der Waals surface area contributed by atoms with Crippen molar-refractivity contribution >= 4 is 33.0 Å². The number of ether oxygens (including phenoxy) is 1. The van der Waals surface area contributed by atoms with Gasteiger partial charge in [0.05, 0.1) is 24.9 Å². The number of hydrogen-bond acceptors (Lipinski definition) is 5. The van der Waals surface area contributed by atoms with Gasteiger partial charge in [0.1, 0.15) is 10.6 Å². The van der Waals surface area contributed by atoms with Gasteiger partial charge < -0.3 is 4.74 Å². The molecule has 0 radical (unpaired) electrons. The van der Waals surface area contributed by atoms with Crippen LogP contribution in [0.3, 0.4) is 0 Å². The summed E-state index contributed by atoms with van der Waals surface area (Å²) in [6.45, 7) is 0.208. The van der Waals surface area contributed by atoms with Crippen LogP contribution in [0.5, 0.6) is 5.75 Å². The fraction of sp³-hybridized carbons (Fsp3) is 0.308. The molecule has 0 saturated heterocycles. The minimum atomic E-state index is -3.68. The molecule has 0 aliphatic heterocycles. The first kappa shape index (κ1) is 16.2. The second kappa shape index (κ2) is 6.74. The number of methoxy groups -OCH3 is 1. The molecule has 2 rings (SSSR count). The Balaban J connectivity index is 2.38. The van der Waals surface area contributed by atoms with Crippen LogP contribution >= 0.6 is 22.9 Å². The number of sulfonamides is 1. The van der Waals surface area contributed by atoms with Gasteiger partial charge in [-0.05, 0) is 17.7 Å². The molecule has 1 aromatic heterocycles. The molecule has 0 N–H and O–H groups in total. The van der Waals surface area contributed by atoms with E-state index in [4.69, 9.17) is 16.3 Å². The Morgan fingerprint density at radius 2 is 2.19 bits per heavy atom. The number of thiazole rings is 1. The predicted octanol–water partition coefficient (Wildman–Crippen LogP) is 2.71. The van der Waals surface area contributed by atoms with Crippen molar-refractivity contribution in [3.05, 3.63) is 40.3 Å². The van der Waals surface area contributed by atoms with Crippen molar-refractivity contribution in [1.29, 1.82) is 0 Å². The Morgan fingerprint density at radius 3 is 2.76 bits per heavy atom. The minimum absolute atomic E-state index is 0.112. The maximum Gasteiger partial charge on any atom is 0.246 e. The molecule has 114 valence electrons. The van der Waals surface area contributed by atoms with Crippen LogP contribution in [0.25, 0.3) is 0 Å². The number of rotatable bonds is 6. The molecule has 0 unspecified atom stereocenters. The fourth-order valence-electron chi connectivity index (χ4n) is 1.80. The van der Waals surface area contributed by atoms with E-state index in [0.717, 1.165) is 5.56 Å². The summed E-state index contributed by atoms with van der Waals surface area (Å²) >= 11 is 7.21. The molecule has 5 nitrogen and oxygen atoms in total. The number of nitrogens with zero attached hydrogens (tertiary/aromatic N) is 2. The van der Waals surface area contributed by atoms with E-state index >= 15 is 0 Å². The number of halogens is 1. The molecule has 0 aliphatic carbocycles. The van der Waals surface area contributed by atoms with Gasteiger partial charge in [0.15, 0.2) is 0 Å². The van der Waals surface area contributed by atoms with Crippen molar-refractivity contribution in [3.8, 4) is 5.75 Å². The van der Waals surface area contributed by atoms with Crippen LogP contribution < -0.4 is 4.74 Å². The SMILES string of the molecule is COc1ccc(CCl)cc1S(=O)(=O)N(C)Cc1cscn1. The van der Waals surface area contributed by atoms with Gasteiger partial charge in [0, 0.05) is 18.3 Å². The van der Waals surface area contributed by atoms with Crippen LogP contribution in [0, 0.1) is 0 Å². The van der Waals surface area contributed by atoms with Crippen LogP contribution in [0.15, 0.2) is 34.0 Å². The molecule has 1 heterocycles. The Bertz CT molecular complexity index is 702. The lowest BCUT2D eigenvalue weighted by Gasteiger charge is -2.18. The van der Waals surface area contributed by atoms with Gasteiger partial charge in [0.25, 0.3) is 0 Å². The lowest BCUT2D eigenvalue weighted by Crippen LogP contribution is -2.27. The maximum atomic E-state index is 12.7. The van der Waals surface area contributed by atoms with Crippen molar-refractivity contribution < 1.29 is 13.2 Å². The second-order valence-corrected chi connectivity index (χ2v) is 7.36. The van der Waals surface area contributed by atoms with Crippen LogP contribution in [0.2, 0.25) is 0 Å². The highest BCUT2D eigenvalue weighted by molar-refractivity contribution is 7.89. The Labute approximate surface area is 133 Å². The van der Waals surface area contributed by atoms with Gasteiger partial charge in [-0.25, -0.2) is 13.4 Å². The van der Waals surface area contributed by atoms with Crippen molar-refractivity contribution in [2.45, 2.75) is 17.3 Å². The summed E-state index contributed by atoms with van der Waals surface area (Å²) in [5.74, 6) is 0.538. The summed E-state index contributed by atoms with van der Waals surface area (Å²) in [6, 6.07) is 4.89. The molecule has 0 fully saturated rings. The van der Waals surface area contributed by atoms with Gasteiger partial charge in [-0.2, -0.15) is 4.31 Å². The fourth-order valence-corrected chi connectivity index (χ4v) is 3.86. The first-order valence-electron chi connectivity index (χ1n) is 6.05. The summed E-state index contributed by atoms with van der Waals surface area (Å²) in [6.07, 6.45) is 0. The molecule has 21 heavy (non-hydrogen) atoms. The van der Waals surface area contributed by atoms with Gasteiger partial charge in [-0.1, -0.05) is 6.07 Å². The topological polar surface area (TPSA) is 59.5 Å². The third-order valence-electron chi connectivity index (χ3n) is 2.94. The van der Waals surface area contributed by atoms with Crippen molar-refractivity contribution in [1.82, 2.24) is 9.29 Å². The molecule has 2 aromatic rings. The number of benzene rings is 1. The lowest BCUT2D eigenvalue weighted by atomic mass is 10.2. The third kappa shape index (κ3) is 3.55. The monoisotopic (exact) mass is 346 g/mol. The quantitative estimate of drug-likeness (QED) is 0.754. The van der Waals surface area contributed by atoms with E-state index in [1.807, 2.05) is 5.38 Å². The van der Waals surface area contributed by atoms with E-state index in [1.54, 1.807) is 23.7 Å². The summed E-state index contributed by atoms with van der Waals surface area (Å²) in [5, 5.41) is 1.82. The Kier molecular flexibility index (Phi) is 5.21. The summed E-state index contributed by atoms with van der Waals surface area (Å²) in [4.78, 5) is 4.21. The Hall–Kier alpha value is -1.15. The molecule has 8 heteroatoms. The number of alkyl halides is 1. The second-order valence-electron chi connectivity index (χ2n) is 4.36. The highest BCUT2D eigenvalue weighted by Crippen LogP contribution is 2.28. The van der Waals surface area contributed by atoms with Crippen molar-refractivity contribution in [2.75, 3.05) is 14.2 Å². The molecule has 0 amide bonds. The highest BCUT2D eigenvalue weighted by atomic mass is 35.5. The summed E-state index contributed by atoms with van der Waals surface area (Å²) in [5.41, 5.74) is 3.10. The van der Waals surface area contributed by atoms with Gasteiger partial charge in [-0.15, -0.1) is 22.9 Å². The van der Waals surface area contributed by atoms with Crippen LogP contribution in [0.1, 0.15) is 11.3 Å². The van der Waals surface area contributed by atoms with E-state index in [0.29, 0.717) is 11.4 Å². The standard InChI is InChI=1S/C13H15ClN2O3S2/c1-16(7-11-8-20-9-15-11)21(17,18)13-5-10(6-14)3-4-12(13)19-2/h3-5,8-9H,6-7H2,1-2H3. The average Bonchev–Trinajstić information content (AvgIpc) is 2.99. The zero-order valence-electron chi connectivity index (χ0n) is 11.6. The van der Waals surface area contributed by atoms with E-state index in [-0.39, 0.29) is 17.3 Å². The van der Waals surface area contributed by atoms with Crippen LogP contribution in [0.4, 0.5) is 0 Å². The van der Waals surface area contributed by atoms with Gasteiger partial charge in [-0.3, -0.25) is 0 Å². The molecule has 0 atom stereocenters. The molecule has 0 bridgehead atoms. The Morgan fingerprint density at radius 1 is 1.43 bits per heavy atom. The summed E-state index contributed by atoms with van der Waals surface area (Å²) in [7, 11) is -0.721. The predicted molar refractivity (Wildman–Crippen MR) is 83.3 cm³/mol. The maximum absolute atomic E-state index is 12.7. The molecule has 0 aliphatic rings. The van der Waals surface area contributed by atoms with Crippen molar-refractivity contribution in [2.24, 2.45) is 0 Å². The first-order valence-corrected chi connectivity index (χ1v) is 8.97. The highest BCUT2D eigenvalue weighted by Gasteiger charge is 2.25. The zero-order valence-corrected chi connectivity index (χ0v) is 14.0. The summed E-state index contributed by atoms with van der Waals surface area (Å²) < 4.78 is 31.8. The first-order chi connectivity index (χ1) is 9.98. The molecular weight excluding hydrogens is 332 g/mol. The van der Waals surface area contributed by atoms with E-state index < -0.39 is 10.0 Å². The molecule has 0 saturated carbocycles.